The quantitative estimate of drug-likeness (QED) is 0.881. The van der Waals surface area contributed by atoms with E-state index in [0.717, 1.165) is 42.6 Å². The number of rotatable bonds is 5. The lowest BCUT2D eigenvalue weighted by Crippen LogP contribution is -2.26. The summed E-state index contributed by atoms with van der Waals surface area (Å²) in [6.45, 7) is 4.02. The molecular formula is C15H20BrNO. The number of nitrogens with one attached hydrogen (secondary N) is 1. The maximum Gasteiger partial charge on any atom is 0.113 e. The highest BCUT2D eigenvalue weighted by molar-refractivity contribution is 9.10. The van der Waals surface area contributed by atoms with Gasteiger partial charge in [-0.2, -0.15) is 0 Å². The smallest absolute Gasteiger partial charge is 0.113 e. The van der Waals surface area contributed by atoms with Crippen molar-refractivity contribution < 1.29 is 4.74 Å². The summed E-state index contributed by atoms with van der Waals surface area (Å²) >= 11 is 3.53. The van der Waals surface area contributed by atoms with E-state index < -0.39 is 0 Å². The van der Waals surface area contributed by atoms with Gasteiger partial charge >= 0.3 is 0 Å². The predicted molar refractivity (Wildman–Crippen MR) is 78.4 cm³/mol. The summed E-state index contributed by atoms with van der Waals surface area (Å²) in [5, 5.41) is 3.57. The number of hydrogen-bond acceptors (Lipinski definition) is 2. The molecule has 1 aliphatic heterocycles. The third kappa shape index (κ3) is 3.59. The van der Waals surface area contributed by atoms with Crippen LogP contribution in [-0.4, -0.2) is 13.2 Å². The Balaban J connectivity index is 2.21. The van der Waals surface area contributed by atoms with Gasteiger partial charge in [-0.1, -0.05) is 35.0 Å². The summed E-state index contributed by atoms with van der Waals surface area (Å²) in [4.78, 5) is 0. The van der Waals surface area contributed by atoms with Gasteiger partial charge in [-0.25, -0.2) is 0 Å². The van der Waals surface area contributed by atoms with Gasteiger partial charge in [-0.3, -0.25) is 0 Å². The number of hydrogen-bond donors (Lipinski definition) is 1. The van der Waals surface area contributed by atoms with Crippen LogP contribution in [0.2, 0.25) is 0 Å². The molecule has 0 radical (unpaired) electrons. The molecule has 1 atom stereocenters. The zero-order valence-corrected chi connectivity index (χ0v) is 12.4. The Morgan fingerprint density at radius 2 is 2.33 bits per heavy atom. The summed E-state index contributed by atoms with van der Waals surface area (Å²) < 4.78 is 6.93. The highest BCUT2D eigenvalue weighted by atomic mass is 79.9. The van der Waals surface area contributed by atoms with E-state index in [9.17, 15) is 0 Å². The van der Waals surface area contributed by atoms with E-state index in [1.165, 1.54) is 5.56 Å². The van der Waals surface area contributed by atoms with Gasteiger partial charge in [0, 0.05) is 4.47 Å². The Bertz CT molecular complexity index is 417. The van der Waals surface area contributed by atoms with Crippen LogP contribution in [0.5, 0.6) is 0 Å². The molecule has 2 rings (SSSR count). The molecule has 0 saturated heterocycles. The van der Waals surface area contributed by atoms with Gasteiger partial charge in [0.25, 0.3) is 0 Å². The zero-order chi connectivity index (χ0) is 12.8. The van der Waals surface area contributed by atoms with Crippen LogP contribution < -0.4 is 5.32 Å². The lowest BCUT2D eigenvalue weighted by atomic mass is 10.0. The Kier molecular flexibility index (Phi) is 5.26. The van der Waals surface area contributed by atoms with Gasteiger partial charge in [-0.05, 0) is 49.6 Å². The van der Waals surface area contributed by atoms with Crippen molar-refractivity contribution in [3.8, 4) is 0 Å². The fourth-order valence-corrected chi connectivity index (χ4v) is 2.55. The topological polar surface area (TPSA) is 21.3 Å². The standard InChI is InChI=1S/C15H20BrNO/c1-2-9-17-15(14-8-3-4-10-18-14)12-6-5-7-13(16)11-12/h5-8,11,15,17H,2-4,9-10H2,1H3. The van der Waals surface area contributed by atoms with Gasteiger partial charge in [0.05, 0.1) is 12.6 Å². The summed E-state index contributed by atoms with van der Waals surface area (Å²) in [5.74, 6) is 1.08. The van der Waals surface area contributed by atoms with E-state index in [1.54, 1.807) is 0 Å². The first-order chi connectivity index (χ1) is 8.81. The molecule has 1 N–H and O–H groups in total. The minimum atomic E-state index is 0.183. The number of ether oxygens (including phenoxy) is 1. The van der Waals surface area contributed by atoms with Crippen molar-refractivity contribution in [1.82, 2.24) is 5.32 Å². The van der Waals surface area contributed by atoms with Crippen LogP contribution in [0.3, 0.4) is 0 Å². The molecule has 1 unspecified atom stereocenters. The molecule has 1 aliphatic rings. The monoisotopic (exact) mass is 309 g/mol. The van der Waals surface area contributed by atoms with E-state index in [-0.39, 0.29) is 6.04 Å². The molecule has 0 fully saturated rings. The molecule has 1 aromatic rings. The Morgan fingerprint density at radius 3 is 3.00 bits per heavy atom. The van der Waals surface area contributed by atoms with Crippen LogP contribution in [0, 0.1) is 0 Å². The molecule has 3 heteroatoms. The van der Waals surface area contributed by atoms with Crippen molar-refractivity contribution in [3.63, 3.8) is 0 Å². The second-order valence-electron chi connectivity index (χ2n) is 4.54. The summed E-state index contributed by atoms with van der Waals surface area (Å²) in [6, 6.07) is 8.62. The molecule has 0 aliphatic carbocycles. The van der Waals surface area contributed by atoms with Crippen LogP contribution in [0.25, 0.3) is 0 Å². The summed E-state index contributed by atoms with van der Waals surface area (Å²) in [5.41, 5.74) is 1.26. The summed E-state index contributed by atoms with van der Waals surface area (Å²) in [7, 11) is 0. The van der Waals surface area contributed by atoms with Crippen LogP contribution in [-0.2, 0) is 4.74 Å². The third-order valence-corrected chi connectivity index (χ3v) is 3.52. The lowest BCUT2D eigenvalue weighted by Gasteiger charge is -2.25. The van der Waals surface area contributed by atoms with E-state index in [1.807, 2.05) is 0 Å². The van der Waals surface area contributed by atoms with E-state index in [2.05, 4.69) is 58.5 Å². The molecule has 0 aromatic heterocycles. The second kappa shape index (κ2) is 6.95. The van der Waals surface area contributed by atoms with Crippen LogP contribution >= 0.6 is 15.9 Å². The van der Waals surface area contributed by atoms with E-state index >= 15 is 0 Å². The van der Waals surface area contributed by atoms with Gasteiger partial charge in [0.15, 0.2) is 0 Å². The minimum Gasteiger partial charge on any atom is -0.496 e. The van der Waals surface area contributed by atoms with Crippen LogP contribution in [0.4, 0.5) is 0 Å². The first kappa shape index (κ1) is 13.6. The molecule has 0 saturated carbocycles. The van der Waals surface area contributed by atoms with Gasteiger partial charge in [-0.15, -0.1) is 0 Å². The molecule has 1 aromatic carbocycles. The normalized spacial score (nSPS) is 16.9. The largest absolute Gasteiger partial charge is 0.496 e. The van der Waals surface area contributed by atoms with Crippen LogP contribution in [0.15, 0.2) is 40.6 Å². The van der Waals surface area contributed by atoms with Crippen molar-refractivity contribution in [3.05, 3.63) is 46.1 Å². The first-order valence-corrected chi connectivity index (χ1v) is 7.42. The number of halogens is 1. The lowest BCUT2D eigenvalue weighted by molar-refractivity contribution is 0.167. The van der Waals surface area contributed by atoms with Crippen molar-refractivity contribution >= 4 is 15.9 Å². The predicted octanol–water partition coefficient (Wildman–Crippen LogP) is 4.18. The average Bonchev–Trinajstić information content (AvgIpc) is 2.40. The second-order valence-corrected chi connectivity index (χ2v) is 5.46. The van der Waals surface area contributed by atoms with Gasteiger partial charge in [0.2, 0.25) is 0 Å². The molecular weight excluding hydrogens is 290 g/mol. The zero-order valence-electron chi connectivity index (χ0n) is 10.8. The molecule has 2 nitrogen and oxygen atoms in total. The average molecular weight is 310 g/mol. The Morgan fingerprint density at radius 1 is 1.44 bits per heavy atom. The molecule has 0 amide bonds. The third-order valence-electron chi connectivity index (χ3n) is 3.03. The van der Waals surface area contributed by atoms with E-state index in [0.29, 0.717) is 0 Å². The van der Waals surface area contributed by atoms with Crippen molar-refractivity contribution in [2.75, 3.05) is 13.2 Å². The van der Waals surface area contributed by atoms with Crippen LogP contribution in [0.1, 0.15) is 37.8 Å². The molecule has 1 heterocycles. The SMILES string of the molecule is CCCNC(C1=CCCCO1)c1cccc(Br)c1. The van der Waals surface area contributed by atoms with Gasteiger partial charge < -0.3 is 10.1 Å². The van der Waals surface area contributed by atoms with Gasteiger partial charge in [0.1, 0.15) is 5.76 Å². The fraction of sp³-hybridized carbons (Fsp3) is 0.467. The highest BCUT2D eigenvalue weighted by Gasteiger charge is 2.19. The summed E-state index contributed by atoms with van der Waals surface area (Å²) in [6.07, 6.45) is 5.59. The number of allylic oxidation sites excluding steroid dienone is 1. The maximum absolute atomic E-state index is 5.81. The molecule has 0 spiro atoms. The van der Waals surface area contributed by atoms with Crippen molar-refractivity contribution in [2.45, 2.75) is 32.2 Å². The molecule has 18 heavy (non-hydrogen) atoms. The fourth-order valence-electron chi connectivity index (χ4n) is 2.14. The molecule has 98 valence electrons. The highest BCUT2D eigenvalue weighted by Crippen LogP contribution is 2.27. The Labute approximate surface area is 118 Å². The first-order valence-electron chi connectivity index (χ1n) is 6.63. The van der Waals surface area contributed by atoms with Crippen molar-refractivity contribution in [1.29, 1.82) is 0 Å². The van der Waals surface area contributed by atoms with Crippen molar-refractivity contribution in [2.24, 2.45) is 0 Å². The Hall–Kier alpha value is -0.800. The minimum absolute atomic E-state index is 0.183. The van der Waals surface area contributed by atoms with E-state index in [4.69, 9.17) is 4.74 Å². The number of benzene rings is 1. The maximum atomic E-state index is 5.81. The molecule has 0 bridgehead atoms.